The predicted octanol–water partition coefficient (Wildman–Crippen LogP) is 16.0. The average Bonchev–Trinajstić information content (AvgIpc) is 4.14. The van der Waals surface area contributed by atoms with Gasteiger partial charge in [-0.3, -0.25) is 0 Å². The summed E-state index contributed by atoms with van der Waals surface area (Å²) in [5.41, 5.74) is 20.0. The number of halogens is 2. The first-order valence-electron chi connectivity index (χ1n) is 20.6. The fraction of sp³-hybridized carbons (Fsp3) is 0.0741. The lowest BCUT2D eigenvalue weighted by atomic mass is 10.0. The number of nitrogens with zero attached hydrogens (tertiary/aromatic N) is 4. The van der Waals surface area contributed by atoms with E-state index in [-0.39, 0.29) is 0 Å². The number of benzene rings is 5. The van der Waals surface area contributed by atoms with Gasteiger partial charge in [0.1, 0.15) is 0 Å². The van der Waals surface area contributed by atoms with Crippen molar-refractivity contribution < 1.29 is 0 Å². The number of hydrogen-bond donors (Lipinski definition) is 2. The first-order chi connectivity index (χ1) is 30.2. The first kappa shape index (κ1) is 39.4. The number of hydrogen-bond acceptors (Lipinski definition) is 4. The standard InChI is InChI=1S/C54H42Br2N6/c1-33-5-15-38(16-6-33)61(39-17-7-34(2)8-18-39)40-23-13-37(14-24-40)51-43-25-27-45(57-43)52(55)46-28-29-47(59-46)53(56)48-30-32-50(60-48)54(49-31-26-44(51)58-49)62(41-19-9-35(3)10-20-41)42-21-11-36(4)12-22-42/h5-32,58-59H,1-4H3. The van der Waals surface area contributed by atoms with E-state index < -0.39 is 0 Å². The van der Waals surface area contributed by atoms with Crippen LogP contribution in [0.5, 0.6) is 0 Å². The molecule has 0 saturated heterocycles. The van der Waals surface area contributed by atoms with E-state index in [4.69, 9.17) is 9.97 Å². The molecule has 8 heteroatoms. The van der Waals surface area contributed by atoms with E-state index in [2.05, 4.69) is 249 Å². The van der Waals surface area contributed by atoms with Crippen molar-refractivity contribution in [2.24, 2.45) is 0 Å². The molecule has 0 saturated carbocycles. The highest BCUT2D eigenvalue weighted by Crippen LogP contribution is 2.43. The highest BCUT2D eigenvalue weighted by atomic mass is 79.9. The van der Waals surface area contributed by atoms with Crippen molar-refractivity contribution in [3.63, 3.8) is 0 Å². The van der Waals surface area contributed by atoms with Crippen LogP contribution < -0.4 is 9.80 Å². The molecule has 0 atom stereocenters. The van der Waals surface area contributed by atoms with Crippen molar-refractivity contribution in [2.45, 2.75) is 27.7 Å². The van der Waals surface area contributed by atoms with Gasteiger partial charge in [-0.25, -0.2) is 9.97 Å². The van der Waals surface area contributed by atoms with Gasteiger partial charge in [-0.1, -0.05) is 82.9 Å². The van der Waals surface area contributed by atoms with Crippen molar-refractivity contribution >= 4 is 112 Å². The number of aromatic amines is 2. The summed E-state index contributed by atoms with van der Waals surface area (Å²) in [4.78, 5) is 22.7. The van der Waals surface area contributed by atoms with Crippen LogP contribution in [-0.2, 0) is 0 Å². The van der Waals surface area contributed by atoms with Crippen LogP contribution in [0.25, 0.3) is 57.5 Å². The molecule has 2 aliphatic heterocycles. The summed E-state index contributed by atoms with van der Waals surface area (Å²) >= 11 is 7.81. The first-order valence-corrected chi connectivity index (χ1v) is 22.2. The Bertz CT molecular complexity index is 3120. The lowest BCUT2D eigenvalue weighted by Gasteiger charge is -2.26. The highest BCUT2D eigenvalue weighted by molar-refractivity contribution is 9.11. The zero-order chi connectivity index (χ0) is 42.5. The smallest absolute Gasteiger partial charge is 0.0957 e. The van der Waals surface area contributed by atoms with Crippen molar-refractivity contribution in [1.82, 2.24) is 19.9 Å². The van der Waals surface area contributed by atoms with Gasteiger partial charge >= 0.3 is 0 Å². The lowest BCUT2D eigenvalue weighted by Crippen LogP contribution is -2.12. The second kappa shape index (κ2) is 16.3. The SMILES string of the molecule is Cc1ccc(N(c2ccc(C)cc2)c2ccc(-c3c4nc(c(Br)c5ccc([nH]5)c(Br)c5nc(c(N(c6ccc(C)cc6)c6ccc(C)cc6)c6ccc3[nH]6)C=C5)C=C4)cc2)cc1. The minimum Gasteiger partial charge on any atom is -0.354 e. The Morgan fingerprint density at radius 3 is 1.16 bits per heavy atom. The molecular weight excluding hydrogens is 892 g/mol. The van der Waals surface area contributed by atoms with E-state index in [1.54, 1.807) is 0 Å². The number of anilines is 6. The maximum absolute atomic E-state index is 5.32. The van der Waals surface area contributed by atoms with E-state index in [1.807, 2.05) is 0 Å². The van der Waals surface area contributed by atoms with Crippen molar-refractivity contribution in [2.75, 3.05) is 9.80 Å². The number of H-pyrrole nitrogens is 2. The summed E-state index contributed by atoms with van der Waals surface area (Å²) in [6.45, 7) is 8.48. The van der Waals surface area contributed by atoms with Gasteiger partial charge in [-0.15, -0.1) is 0 Å². The Kier molecular flexibility index (Phi) is 10.3. The van der Waals surface area contributed by atoms with Gasteiger partial charge < -0.3 is 19.8 Å². The monoisotopic (exact) mass is 932 g/mol. The molecule has 5 aromatic carbocycles. The summed E-state index contributed by atoms with van der Waals surface area (Å²) in [6, 6.07) is 52.0. The normalized spacial score (nSPS) is 11.9. The molecule has 0 aliphatic carbocycles. The number of aromatic nitrogens is 4. The van der Waals surface area contributed by atoms with Gasteiger partial charge in [-0.05, 0) is 174 Å². The van der Waals surface area contributed by atoms with Crippen LogP contribution in [0.2, 0.25) is 0 Å². The van der Waals surface area contributed by atoms with Gasteiger partial charge in [0.25, 0.3) is 0 Å². The number of nitrogens with one attached hydrogen (secondary N) is 2. The summed E-state index contributed by atoms with van der Waals surface area (Å²) in [5, 5.41) is 0. The maximum Gasteiger partial charge on any atom is 0.0957 e. The molecule has 5 heterocycles. The van der Waals surface area contributed by atoms with Crippen molar-refractivity contribution in [3.8, 4) is 11.1 Å². The molecular formula is C54H42Br2N6. The fourth-order valence-corrected chi connectivity index (χ4v) is 8.97. The molecule has 3 aromatic heterocycles. The minimum atomic E-state index is 0.819. The van der Waals surface area contributed by atoms with Gasteiger partial charge in [0.2, 0.25) is 0 Å². The van der Waals surface area contributed by atoms with Crippen LogP contribution in [0.3, 0.4) is 0 Å². The molecule has 0 unspecified atom stereocenters. The molecule has 0 fully saturated rings. The van der Waals surface area contributed by atoms with E-state index in [0.29, 0.717) is 0 Å². The van der Waals surface area contributed by atoms with Crippen molar-refractivity contribution in [1.29, 1.82) is 0 Å². The van der Waals surface area contributed by atoms with Gasteiger partial charge in [-0.2, -0.15) is 0 Å². The topological polar surface area (TPSA) is 63.8 Å². The Labute approximate surface area is 378 Å². The van der Waals surface area contributed by atoms with E-state index in [9.17, 15) is 0 Å². The number of aryl methyl sites for hydroxylation is 4. The largest absolute Gasteiger partial charge is 0.354 e. The number of rotatable bonds is 7. The fourth-order valence-electron chi connectivity index (χ4n) is 8.07. The molecule has 2 N–H and O–H groups in total. The molecule has 0 spiro atoms. The van der Waals surface area contributed by atoms with Crippen LogP contribution >= 0.6 is 31.9 Å². The second-order valence-electron chi connectivity index (χ2n) is 15.9. The van der Waals surface area contributed by atoms with E-state index >= 15 is 0 Å². The quantitative estimate of drug-likeness (QED) is 0.167. The lowest BCUT2D eigenvalue weighted by molar-refractivity contribution is 1.22. The van der Waals surface area contributed by atoms with Crippen LogP contribution in [0.1, 0.15) is 45.0 Å². The highest BCUT2D eigenvalue weighted by Gasteiger charge is 2.22. The molecule has 10 rings (SSSR count). The van der Waals surface area contributed by atoms with Gasteiger partial charge in [0.05, 0.1) is 54.0 Å². The van der Waals surface area contributed by atoms with Crippen LogP contribution in [0.4, 0.5) is 34.1 Å². The predicted molar refractivity (Wildman–Crippen MR) is 268 cm³/mol. The zero-order valence-corrected chi connectivity index (χ0v) is 37.9. The molecule has 0 radical (unpaired) electrons. The number of fused-ring (bicyclic) bond motifs is 8. The Balaban J connectivity index is 1.24. The van der Waals surface area contributed by atoms with Crippen LogP contribution in [0, 0.1) is 27.7 Å². The molecule has 8 aromatic rings. The minimum absolute atomic E-state index is 0.819. The second-order valence-corrected chi connectivity index (χ2v) is 17.5. The van der Waals surface area contributed by atoms with Crippen molar-refractivity contribution in [3.05, 3.63) is 200 Å². The molecule has 8 bridgehead atoms. The third kappa shape index (κ3) is 7.50. The van der Waals surface area contributed by atoms with Crippen LogP contribution in [0.15, 0.2) is 155 Å². The van der Waals surface area contributed by atoms with E-state index in [1.165, 1.54) is 22.3 Å². The van der Waals surface area contributed by atoms with Crippen LogP contribution in [-0.4, -0.2) is 19.9 Å². The molecule has 0 amide bonds. The third-order valence-electron chi connectivity index (χ3n) is 11.4. The molecule has 302 valence electrons. The van der Waals surface area contributed by atoms with Gasteiger partial charge in [0, 0.05) is 39.5 Å². The Morgan fingerprint density at radius 1 is 0.355 bits per heavy atom. The Morgan fingerprint density at radius 2 is 0.694 bits per heavy atom. The summed E-state index contributed by atoms with van der Waals surface area (Å²) in [5.74, 6) is 0. The maximum atomic E-state index is 5.32. The Hall–Kier alpha value is -6.74. The molecule has 62 heavy (non-hydrogen) atoms. The summed E-state index contributed by atoms with van der Waals surface area (Å²) < 4.78 is 1.74. The zero-order valence-electron chi connectivity index (χ0n) is 34.7. The summed E-state index contributed by atoms with van der Waals surface area (Å²) in [6.07, 6.45) is 8.36. The third-order valence-corrected chi connectivity index (χ3v) is 13.1. The van der Waals surface area contributed by atoms with E-state index in [0.717, 1.165) is 99.0 Å². The summed E-state index contributed by atoms with van der Waals surface area (Å²) in [7, 11) is 0. The average molecular weight is 935 g/mol. The molecule has 2 aliphatic rings. The molecule has 6 nitrogen and oxygen atoms in total. The van der Waals surface area contributed by atoms with Gasteiger partial charge in [0.15, 0.2) is 0 Å².